The molecule has 0 saturated heterocycles. The molecule has 24 heavy (non-hydrogen) atoms. The molecule has 1 heterocycles. The molecular formula is C20H28O3Si. The molecule has 1 aromatic carbocycles. The number of ether oxygens (including phenoxy) is 2. The van der Waals surface area contributed by atoms with Gasteiger partial charge in [0, 0.05) is 5.92 Å². The van der Waals surface area contributed by atoms with Crippen LogP contribution in [0.4, 0.5) is 0 Å². The van der Waals surface area contributed by atoms with Crippen LogP contribution < -0.4 is 0 Å². The highest BCUT2D eigenvalue weighted by molar-refractivity contribution is 6.81. The van der Waals surface area contributed by atoms with Gasteiger partial charge >= 0.3 is 5.97 Å². The van der Waals surface area contributed by atoms with E-state index >= 15 is 0 Å². The average Bonchev–Trinajstić information content (AvgIpc) is 2.54. The molecule has 0 saturated carbocycles. The van der Waals surface area contributed by atoms with Crippen LogP contribution in [-0.2, 0) is 20.3 Å². The van der Waals surface area contributed by atoms with Crippen LogP contribution in [0.2, 0.25) is 13.1 Å². The van der Waals surface area contributed by atoms with E-state index in [0.717, 1.165) is 6.04 Å². The summed E-state index contributed by atoms with van der Waals surface area (Å²) in [6, 6.07) is 11.7. The number of rotatable bonds is 5. The van der Waals surface area contributed by atoms with Crippen molar-refractivity contribution in [2.24, 2.45) is 5.92 Å². The summed E-state index contributed by atoms with van der Waals surface area (Å²) in [6.45, 7) is 8.97. The Balaban J connectivity index is 2.13. The SMILES string of the molecule is COC(=O)[C@H]1C=C[C@H](C)[C@@H](/C(C)=C/[Si](C)(C)Cc2ccccc2)O1. The molecule has 0 fully saturated rings. The largest absolute Gasteiger partial charge is 0.467 e. The molecule has 0 bridgehead atoms. The first-order chi connectivity index (χ1) is 11.3. The van der Waals surface area contributed by atoms with Gasteiger partial charge in [0.25, 0.3) is 0 Å². The van der Waals surface area contributed by atoms with Crippen LogP contribution in [0.5, 0.6) is 0 Å². The minimum atomic E-state index is -1.56. The van der Waals surface area contributed by atoms with Crippen LogP contribution in [0.3, 0.4) is 0 Å². The molecule has 3 nitrogen and oxygen atoms in total. The molecule has 0 aromatic heterocycles. The Kier molecular flexibility index (Phi) is 6.19. The molecule has 4 heteroatoms. The Labute approximate surface area is 146 Å². The van der Waals surface area contributed by atoms with Crippen molar-refractivity contribution in [3.63, 3.8) is 0 Å². The summed E-state index contributed by atoms with van der Waals surface area (Å²) in [4.78, 5) is 11.8. The first-order valence-corrected chi connectivity index (χ1v) is 11.8. The van der Waals surface area contributed by atoms with Crippen molar-refractivity contribution >= 4 is 14.0 Å². The molecule has 2 rings (SSSR count). The summed E-state index contributed by atoms with van der Waals surface area (Å²) in [7, 11) is -0.167. The second kappa shape index (κ2) is 7.95. The van der Waals surface area contributed by atoms with Crippen molar-refractivity contribution in [1.82, 2.24) is 0 Å². The van der Waals surface area contributed by atoms with Gasteiger partial charge in [-0.2, -0.15) is 0 Å². The summed E-state index contributed by atoms with van der Waals surface area (Å²) in [5, 5.41) is 0. The molecule has 0 unspecified atom stereocenters. The number of hydrogen-bond donors (Lipinski definition) is 0. The topological polar surface area (TPSA) is 35.5 Å². The maximum absolute atomic E-state index is 11.8. The Morgan fingerprint density at radius 1 is 1.25 bits per heavy atom. The molecule has 0 aliphatic carbocycles. The number of carbonyl (C=O) groups excluding carboxylic acids is 1. The Morgan fingerprint density at radius 3 is 2.54 bits per heavy atom. The van der Waals surface area contributed by atoms with Crippen molar-refractivity contribution in [2.75, 3.05) is 7.11 Å². The standard InChI is InChI=1S/C20H28O3Si/c1-15-11-12-18(20(21)22-3)23-19(15)16(2)13-24(4,5)14-17-9-7-6-8-10-17/h6-13,15,18-19H,14H2,1-5H3/b16-13+/t15-,18+,19-/m0/s1. The van der Waals surface area contributed by atoms with Gasteiger partial charge in [-0.15, -0.1) is 0 Å². The molecule has 0 N–H and O–H groups in total. The lowest BCUT2D eigenvalue weighted by atomic mass is 9.95. The highest BCUT2D eigenvalue weighted by Gasteiger charge is 2.31. The van der Waals surface area contributed by atoms with E-state index in [1.54, 1.807) is 6.08 Å². The molecule has 0 amide bonds. The van der Waals surface area contributed by atoms with Crippen molar-refractivity contribution in [2.45, 2.75) is 45.2 Å². The van der Waals surface area contributed by atoms with E-state index in [-0.39, 0.29) is 18.0 Å². The van der Waals surface area contributed by atoms with E-state index in [0.29, 0.717) is 0 Å². The van der Waals surface area contributed by atoms with E-state index in [2.05, 4.69) is 69.0 Å². The zero-order chi connectivity index (χ0) is 17.7. The maximum Gasteiger partial charge on any atom is 0.339 e. The van der Waals surface area contributed by atoms with E-state index in [9.17, 15) is 4.79 Å². The van der Waals surface area contributed by atoms with Crippen LogP contribution >= 0.6 is 0 Å². The van der Waals surface area contributed by atoms with Crippen LogP contribution in [-0.4, -0.2) is 33.4 Å². The maximum atomic E-state index is 11.8. The molecule has 3 atom stereocenters. The van der Waals surface area contributed by atoms with Gasteiger partial charge in [-0.25, -0.2) is 4.79 Å². The first-order valence-electron chi connectivity index (χ1n) is 8.47. The van der Waals surface area contributed by atoms with E-state index in [4.69, 9.17) is 9.47 Å². The molecule has 1 aliphatic rings. The zero-order valence-electron chi connectivity index (χ0n) is 15.3. The minimum absolute atomic E-state index is 0.0679. The van der Waals surface area contributed by atoms with E-state index < -0.39 is 14.2 Å². The third-order valence-electron chi connectivity index (χ3n) is 4.36. The molecule has 0 spiro atoms. The quantitative estimate of drug-likeness (QED) is 0.458. The van der Waals surface area contributed by atoms with Crippen LogP contribution in [0.25, 0.3) is 0 Å². The van der Waals surface area contributed by atoms with Crippen molar-refractivity contribution < 1.29 is 14.3 Å². The highest BCUT2D eigenvalue weighted by atomic mass is 28.3. The summed E-state index contributed by atoms with van der Waals surface area (Å²) >= 11 is 0. The third-order valence-corrected chi connectivity index (χ3v) is 6.92. The van der Waals surface area contributed by atoms with Crippen LogP contribution in [0.1, 0.15) is 19.4 Å². The number of methoxy groups -OCH3 is 1. The fraction of sp³-hybridized carbons (Fsp3) is 0.450. The Hall–Kier alpha value is -1.65. The Morgan fingerprint density at radius 2 is 1.92 bits per heavy atom. The van der Waals surface area contributed by atoms with Crippen molar-refractivity contribution in [1.29, 1.82) is 0 Å². The van der Waals surface area contributed by atoms with Crippen molar-refractivity contribution in [3.8, 4) is 0 Å². The van der Waals surface area contributed by atoms with Gasteiger partial charge in [0.15, 0.2) is 6.10 Å². The van der Waals surface area contributed by atoms with Gasteiger partial charge in [-0.3, -0.25) is 0 Å². The fourth-order valence-corrected chi connectivity index (χ4v) is 6.13. The molecule has 130 valence electrons. The van der Waals surface area contributed by atoms with Crippen molar-refractivity contribution in [3.05, 3.63) is 59.3 Å². The normalized spacial score (nSPS) is 24.7. The number of benzene rings is 1. The summed E-state index contributed by atoms with van der Waals surface area (Å²) in [5.41, 5.74) is 5.01. The zero-order valence-corrected chi connectivity index (χ0v) is 16.3. The minimum Gasteiger partial charge on any atom is -0.467 e. The van der Waals surface area contributed by atoms with Gasteiger partial charge in [-0.05, 0) is 19.0 Å². The summed E-state index contributed by atoms with van der Waals surface area (Å²) in [5.74, 6) is -0.0829. The lowest BCUT2D eigenvalue weighted by Gasteiger charge is -2.31. The number of esters is 1. The van der Waals surface area contributed by atoms with Gasteiger partial charge in [0.2, 0.25) is 0 Å². The summed E-state index contributed by atoms with van der Waals surface area (Å²) in [6.07, 6.45) is 3.19. The molecule has 1 aliphatic heterocycles. The van der Waals surface area contributed by atoms with E-state index in [1.807, 2.05) is 0 Å². The van der Waals surface area contributed by atoms with Crippen LogP contribution in [0, 0.1) is 5.92 Å². The molecular weight excluding hydrogens is 316 g/mol. The Bertz CT molecular complexity index is 619. The lowest BCUT2D eigenvalue weighted by molar-refractivity contribution is -0.154. The molecule has 0 radical (unpaired) electrons. The van der Waals surface area contributed by atoms with Gasteiger partial charge in [0.1, 0.15) is 0 Å². The van der Waals surface area contributed by atoms with Crippen LogP contribution in [0.15, 0.2) is 53.8 Å². The highest BCUT2D eigenvalue weighted by Crippen LogP contribution is 2.27. The van der Waals surface area contributed by atoms with Gasteiger partial charge in [-0.1, -0.05) is 73.3 Å². The smallest absolute Gasteiger partial charge is 0.339 e. The van der Waals surface area contributed by atoms with Gasteiger partial charge in [0.05, 0.1) is 21.3 Å². The second-order valence-electron chi connectivity index (χ2n) is 7.28. The predicted octanol–water partition coefficient (Wildman–Crippen LogP) is 4.09. The third kappa shape index (κ3) is 4.92. The summed E-state index contributed by atoms with van der Waals surface area (Å²) < 4.78 is 10.8. The lowest BCUT2D eigenvalue weighted by Crippen LogP contribution is -2.37. The number of carbonyl (C=O) groups is 1. The molecule has 1 aromatic rings. The fourth-order valence-electron chi connectivity index (χ4n) is 3.35. The predicted molar refractivity (Wildman–Crippen MR) is 100 cm³/mol. The second-order valence-corrected chi connectivity index (χ2v) is 11.9. The first kappa shape index (κ1) is 18.7. The number of hydrogen-bond acceptors (Lipinski definition) is 3. The van der Waals surface area contributed by atoms with E-state index in [1.165, 1.54) is 18.2 Å². The average molecular weight is 345 g/mol. The van der Waals surface area contributed by atoms with Gasteiger partial charge < -0.3 is 9.47 Å². The monoisotopic (exact) mass is 344 g/mol.